The monoisotopic (exact) mass is 546 g/mol. The molecule has 2 aliphatic heterocycles. The zero-order chi connectivity index (χ0) is 27.3. The van der Waals surface area contributed by atoms with Gasteiger partial charge >= 0.3 is 0 Å². The Morgan fingerprint density at radius 2 is 1.77 bits per heavy atom. The number of hydrogen-bond acceptors (Lipinski definition) is 7. The van der Waals surface area contributed by atoms with Crippen LogP contribution in [-0.4, -0.2) is 66.0 Å². The molecule has 4 aromatic rings. The van der Waals surface area contributed by atoms with E-state index in [1.807, 2.05) is 31.5 Å². The average molecular weight is 547 g/mol. The first kappa shape index (κ1) is 26.2. The van der Waals surface area contributed by atoms with Crippen molar-refractivity contribution in [2.75, 3.05) is 25.0 Å². The maximum Gasteiger partial charge on any atom is 0.228 e. The molecular formula is C29H36FN8P. The lowest BCUT2D eigenvalue weighted by atomic mass is 10.1. The van der Waals surface area contributed by atoms with Crippen molar-refractivity contribution in [3.05, 3.63) is 54.0 Å². The Morgan fingerprint density at radius 3 is 2.44 bits per heavy atom. The van der Waals surface area contributed by atoms with Crippen LogP contribution < -0.4 is 10.6 Å². The fourth-order valence-electron chi connectivity index (χ4n) is 6.28. The number of aryl methyl sites for hydroxylation is 1. The van der Waals surface area contributed by atoms with Crippen LogP contribution in [0.5, 0.6) is 0 Å². The molecule has 6 rings (SSSR count). The van der Waals surface area contributed by atoms with Crippen molar-refractivity contribution in [3.63, 3.8) is 0 Å². The van der Waals surface area contributed by atoms with Crippen molar-refractivity contribution in [2.45, 2.75) is 65.2 Å². The molecule has 39 heavy (non-hydrogen) atoms. The molecule has 0 radical (unpaired) electrons. The van der Waals surface area contributed by atoms with Gasteiger partial charge in [-0.2, -0.15) is 0 Å². The molecule has 3 atom stereocenters. The van der Waals surface area contributed by atoms with Gasteiger partial charge < -0.3 is 14.8 Å². The number of benzene rings is 1. The second-order valence-electron chi connectivity index (χ2n) is 11.1. The Kier molecular flexibility index (Phi) is 7.08. The van der Waals surface area contributed by atoms with Crippen molar-refractivity contribution in [1.29, 1.82) is 0 Å². The molecule has 0 amide bonds. The number of aromatic nitrogens is 5. The lowest BCUT2D eigenvalue weighted by Gasteiger charge is -2.40. The molecule has 2 bridgehead atoms. The van der Waals surface area contributed by atoms with Crippen LogP contribution in [0.3, 0.4) is 0 Å². The normalized spacial score (nSPS) is 19.9. The van der Waals surface area contributed by atoms with E-state index in [0.29, 0.717) is 29.4 Å². The number of fused-ring (bicyclic) bond motifs is 3. The molecule has 10 heteroatoms. The third kappa shape index (κ3) is 5.04. The number of imidazole rings is 1. The highest BCUT2D eigenvalue weighted by molar-refractivity contribution is 7.27. The number of likely N-dealkylation sites (tertiary alicyclic amines) is 1. The van der Waals surface area contributed by atoms with Gasteiger partial charge in [0.2, 0.25) is 5.95 Å². The van der Waals surface area contributed by atoms with Gasteiger partial charge in [-0.3, -0.25) is 4.90 Å². The van der Waals surface area contributed by atoms with Crippen molar-refractivity contribution in [1.82, 2.24) is 34.3 Å². The summed E-state index contributed by atoms with van der Waals surface area (Å²) in [7, 11) is 2.70. The average Bonchev–Trinajstić information content (AvgIpc) is 3.36. The maximum absolute atomic E-state index is 15.1. The van der Waals surface area contributed by atoms with Crippen LogP contribution in [0, 0.1) is 12.7 Å². The quantitative estimate of drug-likeness (QED) is 0.333. The molecule has 0 saturated carbocycles. The smallest absolute Gasteiger partial charge is 0.228 e. The lowest BCUT2D eigenvalue weighted by Crippen LogP contribution is -2.52. The van der Waals surface area contributed by atoms with Crippen molar-refractivity contribution in [3.8, 4) is 11.1 Å². The molecule has 8 nitrogen and oxygen atoms in total. The summed E-state index contributed by atoms with van der Waals surface area (Å²) in [5.41, 5.74) is 3.95. The van der Waals surface area contributed by atoms with E-state index in [-0.39, 0.29) is 11.9 Å². The first-order valence-electron chi connectivity index (χ1n) is 13.8. The van der Waals surface area contributed by atoms with Crippen molar-refractivity contribution in [2.24, 2.45) is 0 Å². The van der Waals surface area contributed by atoms with Gasteiger partial charge in [0.15, 0.2) is 5.82 Å². The topological polar surface area (TPSA) is 75.0 Å². The fourth-order valence-corrected chi connectivity index (χ4v) is 6.61. The minimum Gasteiger partial charge on any atom is -0.326 e. The van der Waals surface area contributed by atoms with Crippen LogP contribution in [-0.2, 0) is 6.54 Å². The number of nitrogens with zero attached hydrogens (tertiary/aromatic N) is 7. The van der Waals surface area contributed by atoms with E-state index in [1.54, 1.807) is 12.3 Å². The van der Waals surface area contributed by atoms with E-state index in [9.17, 15) is 0 Å². The highest BCUT2D eigenvalue weighted by Crippen LogP contribution is 2.32. The Labute approximate surface area is 231 Å². The molecule has 2 saturated heterocycles. The van der Waals surface area contributed by atoms with Gasteiger partial charge in [0.25, 0.3) is 0 Å². The highest BCUT2D eigenvalue weighted by atomic mass is 31.0. The van der Waals surface area contributed by atoms with Gasteiger partial charge in [0.1, 0.15) is 17.2 Å². The van der Waals surface area contributed by atoms with E-state index in [4.69, 9.17) is 0 Å². The number of nitrogens with one attached hydrogen (secondary N) is 1. The highest BCUT2D eigenvalue weighted by Gasteiger charge is 2.39. The maximum atomic E-state index is 15.1. The third-order valence-electron chi connectivity index (χ3n) is 8.15. The first-order chi connectivity index (χ1) is 18.8. The van der Waals surface area contributed by atoms with Crippen LogP contribution in [0.4, 0.5) is 16.2 Å². The fraction of sp³-hybridized carbons (Fsp3) is 0.448. The Hall–Kier alpha value is -3.00. The standard InChI is InChI=1S/C29H36FN8P/c1-5-36-15-21-6-7-22(16-36)37(21)14-19-11-32-29(33-12-19)35-27-10-23(26(39)13-31-27)20-8-24(30)28-25(9-20)38(17(2)3)18(4)34-28/h8-13,17,21-22H,5-7,14-16,39H2,1-4H3,(H,31,32,33,35). The molecule has 5 heterocycles. The zero-order valence-electron chi connectivity index (χ0n) is 23.0. The number of anilines is 2. The van der Waals surface area contributed by atoms with Gasteiger partial charge in [-0.25, -0.2) is 24.3 Å². The number of likely N-dealkylation sites (N-methyl/N-ethyl adjacent to an activating group) is 1. The summed E-state index contributed by atoms with van der Waals surface area (Å²) in [6.07, 6.45) is 8.13. The minimum atomic E-state index is -0.329. The number of pyridine rings is 1. The predicted octanol–water partition coefficient (Wildman–Crippen LogP) is 4.83. The summed E-state index contributed by atoms with van der Waals surface area (Å²) >= 11 is 0. The van der Waals surface area contributed by atoms with Crippen LogP contribution >= 0.6 is 9.24 Å². The zero-order valence-corrected chi connectivity index (χ0v) is 24.2. The van der Waals surface area contributed by atoms with Gasteiger partial charge in [0, 0.05) is 61.9 Å². The lowest BCUT2D eigenvalue weighted by molar-refractivity contribution is 0.0640. The second-order valence-corrected chi connectivity index (χ2v) is 11.7. The first-order valence-corrected chi connectivity index (χ1v) is 14.4. The number of halogens is 1. The number of rotatable bonds is 7. The molecule has 2 fully saturated rings. The van der Waals surface area contributed by atoms with Crippen LogP contribution in [0.25, 0.3) is 22.2 Å². The van der Waals surface area contributed by atoms with Crippen molar-refractivity contribution < 1.29 is 4.39 Å². The third-order valence-corrected chi connectivity index (χ3v) is 8.61. The SMILES string of the molecule is CCN1CC2CCC(C1)N2Cc1cnc(Nc2cc(-c3cc(F)c4nc(C)n(C(C)C)c4c3)c(P)cn2)nc1. The van der Waals surface area contributed by atoms with Crippen LogP contribution in [0.2, 0.25) is 0 Å². The molecule has 3 unspecified atom stereocenters. The molecule has 204 valence electrons. The van der Waals surface area contributed by atoms with Gasteiger partial charge in [0.05, 0.1) is 5.52 Å². The molecular weight excluding hydrogens is 510 g/mol. The summed E-state index contributed by atoms with van der Waals surface area (Å²) in [4.78, 5) is 23.3. The summed E-state index contributed by atoms with van der Waals surface area (Å²) in [5, 5.41) is 4.10. The molecule has 1 N–H and O–H groups in total. The predicted molar refractivity (Wildman–Crippen MR) is 157 cm³/mol. The van der Waals surface area contributed by atoms with E-state index >= 15 is 4.39 Å². The summed E-state index contributed by atoms with van der Waals surface area (Å²) in [5.74, 6) is 1.56. The second kappa shape index (κ2) is 10.5. The van der Waals surface area contributed by atoms with Gasteiger partial charge in [-0.1, -0.05) is 6.92 Å². The van der Waals surface area contributed by atoms with Gasteiger partial charge in [-0.05, 0) is 74.8 Å². The van der Waals surface area contributed by atoms with Gasteiger partial charge in [-0.15, -0.1) is 9.24 Å². The van der Waals surface area contributed by atoms with E-state index in [1.165, 1.54) is 12.8 Å². The molecule has 0 spiro atoms. The minimum absolute atomic E-state index is 0.172. The van der Waals surface area contributed by atoms with E-state index in [0.717, 1.165) is 59.5 Å². The summed E-state index contributed by atoms with van der Waals surface area (Å²) in [6, 6.07) is 6.89. The largest absolute Gasteiger partial charge is 0.326 e. The Bertz CT molecular complexity index is 1490. The summed E-state index contributed by atoms with van der Waals surface area (Å²) in [6.45, 7) is 12.6. The summed E-state index contributed by atoms with van der Waals surface area (Å²) < 4.78 is 17.2. The molecule has 2 aliphatic rings. The van der Waals surface area contributed by atoms with Crippen LogP contribution in [0.15, 0.2) is 36.8 Å². The Balaban J connectivity index is 1.21. The van der Waals surface area contributed by atoms with E-state index in [2.05, 4.69) is 69.6 Å². The van der Waals surface area contributed by atoms with Crippen LogP contribution in [0.1, 0.15) is 51.0 Å². The molecule has 3 aromatic heterocycles. The Morgan fingerprint density at radius 1 is 1.05 bits per heavy atom. The molecule has 0 aliphatic carbocycles. The number of hydrogen-bond donors (Lipinski definition) is 1. The van der Waals surface area contributed by atoms with E-state index < -0.39 is 0 Å². The van der Waals surface area contributed by atoms with Crippen molar-refractivity contribution >= 4 is 37.3 Å². The number of piperazine rings is 1. The molecule has 1 aromatic carbocycles.